The van der Waals surface area contributed by atoms with Crippen LogP contribution in [0.4, 0.5) is 10.2 Å². The molecule has 7 nitrogen and oxygen atoms in total. The van der Waals surface area contributed by atoms with E-state index in [1.54, 1.807) is 12.3 Å². The van der Waals surface area contributed by atoms with Crippen LogP contribution in [0.15, 0.2) is 42.6 Å². The lowest BCUT2D eigenvalue weighted by Gasteiger charge is -2.38. The highest BCUT2D eigenvalue weighted by molar-refractivity contribution is 6.24. The highest BCUT2D eigenvalue weighted by Crippen LogP contribution is 2.39. The summed E-state index contributed by atoms with van der Waals surface area (Å²) in [6.45, 7) is 1.23. The summed E-state index contributed by atoms with van der Waals surface area (Å²) in [7, 11) is 1.46. The van der Waals surface area contributed by atoms with Crippen molar-refractivity contribution in [1.82, 2.24) is 20.3 Å². The number of nitrogens with zero attached hydrogens (tertiary/aromatic N) is 4. The first-order chi connectivity index (χ1) is 15.9. The van der Waals surface area contributed by atoms with E-state index in [1.165, 1.54) is 13.2 Å². The normalized spacial score (nSPS) is 22.3. The van der Waals surface area contributed by atoms with Gasteiger partial charge in [-0.1, -0.05) is 24.3 Å². The lowest BCUT2D eigenvalue weighted by atomic mass is 10.00. The molecule has 168 valence electrons. The molecule has 0 spiro atoms. The van der Waals surface area contributed by atoms with E-state index in [2.05, 4.69) is 25.2 Å². The molecule has 2 unspecified atom stereocenters. The van der Waals surface area contributed by atoms with Gasteiger partial charge in [-0.2, -0.15) is 9.97 Å². The van der Waals surface area contributed by atoms with Crippen LogP contribution >= 0.6 is 11.6 Å². The van der Waals surface area contributed by atoms with E-state index in [9.17, 15) is 5.11 Å². The minimum absolute atomic E-state index is 0.0367. The molecule has 2 aromatic heterocycles. The number of phenolic OH excluding ortho intramolecular Hbond substituents is 1. The predicted octanol–water partition coefficient (Wildman–Crippen LogP) is 4.21. The highest BCUT2D eigenvalue weighted by atomic mass is 35.5. The number of pyridine rings is 1. The van der Waals surface area contributed by atoms with Gasteiger partial charge in [0.15, 0.2) is 5.82 Å². The summed E-state index contributed by atoms with van der Waals surface area (Å²) in [6.07, 6.45) is 3.42. The van der Waals surface area contributed by atoms with Crippen molar-refractivity contribution in [1.29, 1.82) is 0 Å². The van der Waals surface area contributed by atoms with E-state index in [0.29, 0.717) is 29.9 Å². The molecule has 0 aliphatic carbocycles. The van der Waals surface area contributed by atoms with E-state index in [-0.39, 0.29) is 29.0 Å². The Hall–Kier alpha value is -3.23. The van der Waals surface area contributed by atoms with Gasteiger partial charge in [0.2, 0.25) is 0 Å². The number of fused-ring (bicyclic) bond motifs is 4. The molecule has 2 bridgehead atoms. The van der Waals surface area contributed by atoms with E-state index < -0.39 is 10.8 Å². The Morgan fingerprint density at radius 1 is 1.24 bits per heavy atom. The highest BCUT2D eigenvalue weighted by Gasteiger charge is 2.44. The zero-order chi connectivity index (χ0) is 22.7. The van der Waals surface area contributed by atoms with Gasteiger partial charge in [-0.05, 0) is 35.7 Å². The van der Waals surface area contributed by atoms with Crippen LogP contribution in [0, 0.1) is 5.82 Å². The predicted molar refractivity (Wildman–Crippen MR) is 125 cm³/mol. The number of anilines is 1. The Bertz CT molecular complexity index is 1420. The molecule has 0 saturated carbocycles. The van der Waals surface area contributed by atoms with Crippen molar-refractivity contribution in [2.24, 2.45) is 0 Å². The minimum Gasteiger partial charge on any atom is -0.508 e. The Labute approximate surface area is 194 Å². The Kier molecular flexibility index (Phi) is 4.57. The molecule has 0 amide bonds. The second-order valence-electron chi connectivity index (χ2n) is 8.66. The van der Waals surface area contributed by atoms with Crippen molar-refractivity contribution in [3.8, 4) is 23.0 Å². The van der Waals surface area contributed by atoms with E-state index in [4.69, 9.17) is 16.3 Å². The maximum absolute atomic E-state index is 16.0. The molecule has 9 heteroatoms. The number of hydrogen-bond acceptors (Lipinski definition) is 7. The van der Waals surface area contributed by atoms with Crippen molar-refractivity contribution in [3.05, 3.63) is 48.4 Å². The number of aromatic hydroxyl groups is 1. The van der Waals surface area contributed by atoms with Gasteiger partial charge in [-0.25, -0.2) is 4.39 Å². The lowest BCUT2D eigenvalue weighted by Crippen LogP contribution is -2.57. The standard InChI is InChI=1S/C24H21ClFN5O2/c1-33-23-28-21-18(22(29-23)31-11-14-6-7-24(25,12-31)30-14)10-27-20(19(21)26)17-9-15(32)8-13-4-2-3-5-16(13)17/h2-5,8-10,14,30,32H,6-7,11-12H2,1H3. The number of rotatable bonds is 3. The van der Waals surface area contributed by atoms with E-state index >= 15 is 4.39 Å². The number of alkyl halides is 1. The Morgan fingerprint density at radius 3 is 2.91 bits per heavy atom. The van der Waals surface area contributed by atoms with Gasteiger partial charge in [-0.15, -0.1) is 11.6 Å². The first kappa shape index (κ1) is 20.4. The van der Waals surface area contributed by atoms with Crippen molar-refractivity contribution in [2.45, 2.75) is 23.9 Å². The molecule has 33 heavy (non-hydrogen) atoms. The fourth-order valence-corrected chi connectivity index (χ4v) is 5.41. The van der Waals surface area contributed by atoms with Crippen molar-refractivity contribution < 1.29 is 14.2 Å². The zero-order valence-electron chi connectivity index (χ0n) is 17.8. The molecule has 2 atom stereocenters. The maximum Gasteiger partial charge on any atom is 0.318 e. The molecular weight excluding hydrogens is 445 g/mol. The molecule has 2 N–H and O–H groups in total. The smallest absolute Gasteiger partial charge is 0.318 e. The Balaban J connectivity index is 1.55. The fraction of sp³-hybridized carbons (Fsp3) is 0.292. The third kappa shape index (κ3) is 3.32. The summed E-state index contributed by atoms with van der Waals surface area (Å²) in [5.74, 6) is -0.00690. The molecule has 2 aliphatic rings. The summed E-state index contributed by atoms with van der Waals surface area (Å²) in [6, 6.07) is 10.9. The van der Waals surface area contributed by atoms with Gasteiger partial charge < -0.3 is 14.7 Å². The number of halogens is 2. The Morgan fingerprint density at radius 2 is 2.09 bits per heavy atom. The van der Waals surface area contributed by atoms with Gasteiger partial charge in [0.05, 0.1) is 19.0 Å². The number of phenols is 1. The van der Waals surface area contributed by atoms with Crippen molar-refractivity contribution in [3.63, 3.8) is 0 Å². The van der Waals surface area contributed by atoms with Gasteiger partial charge in [0.1, 0.15) is 27.8 Å². The third-order valence-corrected chi connectivity index (χ3v) is 6.88. The summed E-state index contributed by atoms with van der Waals surface area (Å²) < 4.78 is 21.3. The second kappa shape index (κ2) is 7.40. The van der Waals surface area contributed by atoms with Crippen LogP contribution in [0.25, 0.3) is 32.9 Å². The van der Waals surface area contributed by atoms with Crippen molar-refractivity contribution in [2.75, 3.05) is 25.1 Å². The SMILES string of the molecule is COc1nc(N2CC3CCC(Cl)(C2)N3)c2cnc(-c3cc(O)cc4ccccc34)c(F)c2n1. The monoisotopic (exact) mass is 465 g/mol. The average molecular weight is 466 g/mol. The van der Waals surface area contributed by atoms with E-state index in [1.807, 2.05) is 24.3 Å². The number of aromatic nitrogens is 3. The van der Waals surface area contributed by atoms with Crippen LogP contribution < -0.4 is 15.0 Å². The number of piperazine rings is 1. The van der Waals surface area contributed by atoms with Crippen LogP contribution in [0.5, 0.6) is 11.8 Å². The molecule has 4 aromatic rings. The average Bonchev–Trinajstić information content (AvgIpc) is 3.09. The summed E-state index contributed by atoms with van der Waals surface area (Å²) in [5.41, 5.74) is 0.711. The topological polar surface area (TPSA) is 83.4 Å². The summed E-state index contributed by atoms with van der Waals surface area (Å²) in [4.78, 5) is 14.9. The van der Waals surface area contributed by atoms with Crippen LogP contribution in [-0.2, 0) is 0 Å². The molecule has 2 fully saturated rings. The molecule has 4 heterocycles. The first-order valence-electron chi connectivity index (χ1n) is 10.8. The summed E-state index contributed by atoms with van der Waals surface area (Å²) >= 11 is 6.74. The maximum atomic E-state index is 16.0. The molecule has 2 saturated heterocycles. The number of methoxy groups -OCH3 is 1. The van der Waals surface area contributed by atoms with Gasteiger partial charge in [0, 0.05) is 24.3 Å². The molecule has 2 aromatic carbocycles. The van der Waals surface area contributed by atoms with Crippen LogP contribution in [0.3, 0.4) is 0 Å². The van der Waals surface area contributed by atoms with Gasteiger partial charge in [-0.3, -0.25) is 10.3 Å². The first-order valence-corrected chi connectivity index (χ1v) is 11.2. The van der Waals surface area contributed by atoms with Gasteiger partial charge in [0.25, 0.3) is 0 Å². The quantitative estimate of drug-likeness (QED) is 0.346. The largest absolute Gasteiger partial charge is 0.508 e. The van der Waals surface area contributed by atoms with Crippen molar-refractivity contribution >= 4 is 39.1 Å². The minimum atomic E-state index is -0.594. The zero-order valence-corrected chi connectivity index (χ0v) is 18.6. The number of benzene rings is 2. The third-order valence-electron chi connectivity index (χ3n) is 6.46. The van der Waals surface area contributed by atoms with E-state index in [0.717, 1.165) is 23.6 Å². The number of hydrogen-bond donors (Lipinski definition) is 2. The van der Waals surface area contributed by atoms with Crippen LogP contribution in [0.1, 0.15) is 12.8 Å². The van der Waals surface area contributed by atoms with Gasteiger partial charge >= 0.3 is 6.01 Å². The number of nitrogens with one attached hydrogen (secondary N) is 1. The van der Waals surface area contributed by atoms with Crippen LogP contribution in [0.2, 0.25) is 0 Å². The van der Waals surface area contributed by atoms with Crippen LogP contribution in [-0.4, -0.2) is 51.3 Å². The second-order valence-corrected chi connectivity index (χ2v) is 9.38. The number of ether oxygens (including phenoxy) is 1. The lowest BCUT2D eigenvalue weighted by molar-refractivity contribution is 0.378. The molecule has 2 aliphatic heterocycles. The molecular formula is C24H21ClFN5O2. The molecule has 0 radical (unpaired) electrons. The fourth-order valence-electron chi connectivity index (χ4n) is 5.00. The molecule has 6 rings (SSSR count). The summed E-state index contributed by atoms with van der Waals surface area (Å²) in [5, 5.41) is 15.7.